The second kappa shape index (κ2) is 11.1. The Morgan fingerprint density at radius 1 is 1.23 bits per heavy atom. The maximum Gasteiger partial charge on any atom is 0.191 e. The van der Waals surface area contributed by atoms with Crippen LogP contribution in [0.2, 0.25) is 0 Å². The lowest BCUT2D eigenvalue weighted by atomic mass is 9.92. The lowest BCUT2D eigenvalue weighted by Gasteiger charge is -2.39. The van der Waals surface area contributed by atoms with Gasteiger partial charge in [-0.2, -0.15) is 0 Å². The van der Waals surface area contributed by atoms with Gasteiger partial charge in [-0.3, -0.25) is 4.90 Å². The Morgan fingerprint density at radius 2 is 1.96 bits per heavy atom. The lowest BCUT2D eigenvalue weighted by molar-refractivity contribution is 0.00272. The summed E-state index contributed by atoms with van der Waals surface area (Å²) in [5, 5.41) is 14.9. The molecule has 0 amide bonds. The fourth-order valence-electron chi connectivity index (χ4n) is 3.48. The quantitative estimate of drug-likeness (QED) is 0.502. The Kier molecular flexibility index (Phi) is 8.84. The van der Waals surface area contributed by atoms with Crippen LogP contribution in [0.15, 0.2) is 11.3 Å². The molecule has 0 radical (unpaired) electrons. The van der Waals surface area contributed by atoms with E-state index in [0.29, 0.717) is 18.5 Å². The highest BCUT2D eigenvalue weighted by molar-refractivity contribution is 5.79. The highest BCUT2D eigenvalue weighted by Crippen LogP contribution is 2.19. The van der Waals surface area contributed by atoms with Crippen molar-refractivity contribution in [2.75, 3.05) is 39.4 Å². The van der Waals surface area contributed by atoms with E-state index in [4.69, 9.17) is 4.74 Å². The summed E-state index contributed by atoms with van der Waals surface area (Å²) < 4.78 is 7.44. The number of guanidine groups is 1. The molecule has 148 valence electrons. The Morgan fingerprint density at radius 3 is 2.54 bits per heavy atom. The van der Waals surface area contributed by atoms with E-state index in [1.807, 2.05) is 11.6 Å². The van der Waals surface area contributed by atoms with Crippen LogP contribution in [0.5, 0.6) is 0 Å². The minimum Gasteiger partial charge on any atom is -0.379 e. The summed E-state index contributed by atoms with van der Waals surface area (Å²) in [5.74, 6) is 2.36. The monoisotopic (exact) mass is 365 g/mol. The van der Waals surface area contributed by atoms with Gasteiger partial charge in [-0.15, -0.1) is 10.2 Å². The van der Waals surface area contributed by atoms with Gasteiger partial charge in [0.05, 0.1) is 13.2 Å². The van der Waals surface area contributed by atoms with Crippen LogP contribution in [-0.2, 0) is 18.3 Å². The first-order valence-electron chi connectivity index (χ1n) is 9.86. The number of nitrogens with one attached hydrogen (secondary N) is 2. The molecule has 0 aliphatic carbocycles. The van der Waals surface area contributed by atoms with Crippen molar-refractivity contribution < 1.29 is 4.74 Å². The first kappa shape index (κ1) is 20.6. The molecule has 1 aromatic rings. The average Bonchev–Trinajstić information content (AvgIpc) is 3.08. The summed E-state index contributed by atoms with van der Waals surface area (Å²) >= 11 is 0. The van der Waals surface area contributed by atoms with Gasteiger partial charge in [0.1, 0.15) is 12.9 Å². The largest absolute Gasteiger partial charge is 0.379 e. The third-order valence-corrected chi connectivity index (χ3v) is 5.11. The van der Waals surface area contributed by atoms with Gasteiger partial charge < -0.3 is 19.9 Å². The van der Waals surface area contributed by atoms with E-state index in [1.165, 1.54) is 12.8 Å². The molecule has 0 aromatic carbocycles. The molecule has 1 unspecified atom stereocenters. The molecule has 1 aromatic heterocycles. The first-order valence-corrected chi connectivity index (χ1v) is 9.86. The molecule has 1 fully saturated rings. The van der Waals surface area contributed by atoms with Crippen molar-refractivity contribution in [3.05, 3.63) is 12.2 Å². The summed E-state index contributed by atoms with van der Waals surface area (Å²) in [7, 11) is 1.94. The van der Waals surface area contributed by atoms with E-state index in [1.54, 1.807) is 6.33 Å². The molecule has 8 heteroatoms. The lowest BCUT2D eigenvalue weighted by Crippen LogP contribution is -2.53. The fraction of sp³-hybridized carbons (Fsp3) is 0.833. The molecule has 2 rings (SSSR count). The van der Waals surface area contributed by atoms with Gasteiger partial charge in [0.25, 0.3) is 0 Å². The van der Waals surface area contributed by atoms with E-state index in [-0.39, 0.29) is 0 Å². The van der Waals surface area contributed by atoms with Crippen LogP contribution in [0.25, 0.3) is 0 Å². The zero-order chi connectivity index (χ0) is 18.8. The van der Waals surface area contributed by atoms with E-state index in [0.717, 1.165) is 51.2 Å². The smallest absolute Gasteiger partial charge is 0.191 e. The zero-order valence-corrected chi connectivity index (χ0v) is 16.7. The Bertz CT molecular complexity index is 535. The molecule has 26 heavy (non-hydrogen) atoms. The second-order valence-electron chi connectivity index (χ2n) is 6.73. The summed E-state index contributed by atoms with van der Waals surface area (Å²) in [6, 6.07) is 0.493. The van der Waals surface area contributed by atoms with E-state index >= 15 is 0 Å². The van der Waals surface area contributed by atoms with Crippen LogP contribution in [0, 0.1) is 5.92 Å². The van der Waals surface area contributed by atoms with Crippen molar-refractivity contribution in [3.8, 4) is 0 Å². The van der Waals surface area contributed by atoms with Crippen LogP contribution < -0.4 is 10.6 Å². The Hall–Kier alpha value is -1.67. The molecule has 2 N–H and O–H groups in total. The summed E-state index contributed by atoms with van der Waals surface area (Å²) in [6.45, 7) is 12.6. The average molecular weight is 366 g/mol. The maximum atomic E-state index is 5.54. The number of morpholine rings is 1. The maximum absolute atomic E-state index is 5.54. The van der Waals surface area contributed by atoms with Gasteiger partial charge in [0, 0.05) is 39.3 Å². The Labute approximate surface area is 157 Å². The summed E-state index contributed by atoms with van der Waals surface area (Å²) in [5.41, 5.74) is 0. The number of hydrogen-bond acceptors (Lipinski definition) is 5. The number of rotatable bonds is 9. The predicted octanol–water partition coefficient (Wildman–Crippen LogP) is 1.01. The van der Waals surface area contributed by atoms with Crippen LogP contribution in [0.1, 0.15) is 39.4 Å². The SMILES string of the molecule is CCNC(=NCc1nncn1C)NCC(C(CC)CC)N1CCOCC1. The van der Waals surface area contributed by atoms with Crippen molar-refractivity contribution >= 4 is 5.96 Å². The highest BCUT2D eigenvalue weighted by Gasteiger charge is 2.27. The van der Waals surface area contributed by atoms with Gasteiger partial charge in [-0.05, 0) is 12.8 Å². The minimum absolute atomic E-state index is 0.493. The van der Waals surface area contributed by atoms with Gasteiger partial charge in [-0.1, -0.05) is 26.7 Å². The molecule has 1 aliphatic rings. The molecule has 0 spiro atoms. The minimum atomic E-state index is 0.493. The molecule has 8 nitrogen and oxygen atoms in total. The van der Waals surface area contributed by atoms with Crippen LogP contribution >= 0.6 is 0 Å². The number of ether oxygens (including phenoxy) is 1. The van der Waals surface area contributed by atoms with Crippen LogP contribution in [-0.4, -0.2) is 71.1 Å². The molecule has 1 aliphatic heterocycles. The number of aromatic nitrogens is 3. The van der Waals surface area contributed by atoms with E-state index in [2.05, 4.69) is 51.5 Å². The molecule has 0 bridgehead atoms. The zero-order valence-electron chi connectivity index (χ0n) is 16.7. The number of aliphatic imine (C=N–C) groups is 1. The molecule has 2 heterocycles. The molecule has 0 saturated carbocycles. The van der Waals surface area contributed by atoms with Crippen molar-refractivity contribution in [3.63, 3.8) is 0 Å². The van der Waals surface area contributed by atoms with E-state index in [9.17, 15) is 0 Å². The normalized spacial score (nSPS) is 17.5. The van der Waals surface area contributed by atoms with Crippen molar-refractivity contribution in [2.24, 2.45) is 18.0 Å². The summed E-state index contributed by atoms with van der Waals surface area (Å²) in [6.07, 6.45) is 4.08. The standard InChI is InChI=1S/C18H35N7O/c1-5-15(6-2)16(25-8-10-26-11-9-25)12-20-18(19-7-3)21-13-17-23-22-14-24(17)4/h14-16H,5-13H2,1-4H3,(H2,19,20,21). The highest BCUT2D eigenvalue weighted by atomic mass is 16.5. The number of nitrogens with zero attached hydrogens (tertiary/aromatic N) is 5. The number of hydrogen-bond donors (Lipinski definition) is 2. The molecule has 1 atom stereocenters. The van der Waals surface area contributed by atoms with Gasteiger partial charge in [0.2, 0.25) is 0 Å². The van der Waals surface area contributed by atoms with Crippen LogP contribution in [0.4, 0.5) is 0 Å². The molecule has 1 saturated heterocycles. The van der Waals surface area contributed by atoms with Gasteiger partial charge in [-0.25, -0.2) is 4.99 Å². The summed E-state index contributed by atoms with van der Waals surface area (Å²) in [4.78, 5) is 7.24. The van der Waals surface area contributed by atoms with Crippen molar-refractivity contribution in [1.82, 2.24) is 30.3 Å². The molecular formula is C18H35N7O. The van der Waals surface area contributed by atoms with Gasteiger partial charge in [0.15, 0.2) is 11.8 Å². The van der Waals surface area contributed by atoms with Gasteiger partial charge >= 0.3 is 0 Å². The van der Waals surface area contributed by atoms with Crippen molar-refractivity contribution in [2.45, 2.75) is 46.2 Å². The van der Waals surface area contributed by atoms with E-state index < -0.39 is 0 Å². The fourth-order valence-corrected chi connectivity index (χ4v) is 3.48. The number of aryl methyl sites for hydroxylation is 1. The second-order valence-corrected chi connectivity index (χ2v) is 6.73. The third kappa shape index (κ3) is 5.95. The topological polar surface area (TPSA) is 79.6 Å². The third-order valence-electron chi connectivity index (χ3n) is 5.11. The van der Waals surface area contributed by atoms with Crippen molar-refractivity contribution in [1.29, 1.82) is 0 Å². The first-order chi connectivity index (χ1) is 12.7. The Balaban J connectivity index is 2.00. The molecular weight excluding hydrogens is 330 g/mol. The predicted molar refractivity (Wildman–Crippen MR) is 104 cm³/mol. The van der Waals surface area contributed by atoms with Crippen LogP contribution in [0.3, 0.4) is 0 Å².